The molecule has 0 bridgehead atoms. The van der Waals surface area contributed by atoms with E-state index in [1.54, 1.807) is 12.1 Å². The Morgan fingerprint density at radius 2 is 2.00 bits per heavy atom. The van der Waals surface area contributed by atoms with Crippen LogP contribution < -0.4 is 14.4 Å². The Hall–Kier alpha value is -1.78. The van der Waals surface area contributed by atoms with Gasteiger partial charge in [0.2, 0.25) is 16.0 Å². The number of rotatable bonds is 6. The fourth-order valence-electron chi connectivity index (χ4n) is 2.40. The number of nitrogens with one attached hydrogen (secondary N) is 1. The van der Waals surface area contributed by atoms with Gasteiger partial charge in [0.25, 0.3) is 0 Å². The maximum atomic E-state index is 12.3. The summed E-state index contributed by atoms with van der Waals surface area (Å²) in [7, 11) is -2.10. The van der Waals surface area contributed by atoms with E-state index in [0.29, 0.717) is 11.8 Å². The van der Waals surface area contributed by atoms with E-state index in [9.17, 15) is 8.42 Å². The van der Waals surface area contributed by atoms with Crippen molar-refractivity contribution in [2.75, 3.05) is 25.1 Å². The molecule has 1 fully saturated rings. The first kappa shape index (κ1) is 17.1. The summed E-state index contributed by atoms with van der Waals surface area (Å²) in [4.78, 5) is 15.7. The molecule has 8 nitrogen and oxygen atoms in total. The molecule has 0 unspecified atom stereocenters. The highest BCUT2D eigenvalue weighted by atomic mass is 32.2. The molecule has 0 aromatic carbocycles. The zero-order valence-electron chi connectivity index (χ0n) is 13.5. The van der Waals surface area contributed by atoms with E-state index in [0.717, 1.165) is 30.8 Å². The topological polar surface area (TPSA) is 97.3 Å². The number of aryl methyl sites for hydroxylation is 1. The van der Waals surface area contributed by atoms with Crippen molar-refractivity contribution >= 4 is 27.3 Å². The molecule has 1 aliphatic rings. The molecule has 2 aromatic rings. The molecule has 1 aliphatic heterocycles. The predicted molar refractivity (Wildman–Crippen MR) is 90.9 cm³/mol. The number of hydrogen-bond donors (Lipinski definition) is 1. The first-order chi connectivity index (χ1) is 11.5. The van der Waals surface area contributed by atoms with Gasteiger partial charge in [0.05, 0.1) is 13.7 Å². The summed E-state index contributed by atoms with van der Waals surface area (Å²) in [6.07, 6.45) is 2.18. The normalized spacial score (nSPS) is 15.0. The van der Waals surface area contributed by atoms with Gasteiger partial charge in [0, 0.05) is 18.0 Å². The third-order valence-electron chi connectivity index (χ3n) is 3.62. The third kappa shape index (κ3) is 3.82. The highest BCUT2D eigenvalue weighted by Crippen LogP contribution is 2.21. The lowest BCUT2D eigenvalue weighted by molar-refractivity contribution is 0.375. The van der Waals surface area contributed by atoms with Crippen LogP contribution in [-0.2, 0) is 16.6 Å². The molecule has 130 valence electrons. The zero-order valence-corrected chi connectivity index (χ0v) is 15.2. The van der Waals surface area contributed by atoms with Gasteiger partial charge in [-0.3, -0.25) is 0 Å². The van der Waals surface area contributed by atoms with Crippen molar-refractivity contribution in [2.45, 2.75) is 30.5 Å². The molecule has 0 radical (unpaired) electrons. The second-order valence-corrected chi connectivity index (χ2v) is 8.70. The van der Waals surface area contributed by atoms with Crippen molar-refractivity contribution < 1.29 is 13.2 Å². The van der Waals surface area contributed by atoms with Gasteiger partial charge in [-0.05, 0) is 31.9 Å². The number of aromatic nitrogens is 3. The van der Waals surface area contributed by atoms with Crippen LogP contribution in [0.15, 0.2) is 16.3 Å². The molecular formula is C14H19N5O3S2. The quantitative estimate of drug-likeness (QED) is 0.820. The number of thiophene rings is 1. The molecule has 0 aliphatic carbocycles. The minimum Gasteiger partial charge on any atom is -0.467 e. The van der Waals surface area contributed by atoms with E-state index in [4.69, 9.17) is 4.74 Å². The summed E-state index contributed by atoms with van der Waals surface area (Å²) in [5.41, 5.74) is 0. The smallest absolute Gasteiger partial charge is 0.321 e. The van der Waals surface area contributed by atoms with Gasteiger partial charge in [-0.25, -0.2) is 13.1 Å². The predicted octanol–water partition coefficient (Wildman–Crippen LogP) is 1.33. The van der Waals surface area contributed by atoms with Crippen LogP contribution in [0.2, 0.25) is 0 Å². The van der Waals surface area contributed by atoms with Gasteiger partial charge in [-0.1, -0.05) is 0 Å². The van der Waals surface area contributed by atoms with E-state index in [1.165, 1.54) is 18.4 Å². The minimum absolute atomic E-state index is 0.0149. The maximum absolute atomic E-state index is 12.3. The summed E-state index contributed by atoms with van der Waals surface area (Å²) in [6.45, 7) is 3.61. The maximum Gasteiger partial charge on any atom is 0.321 e. The van der Waals surface area contributed by atoms with Gasteiger partial charge in [-0.15, -0.1) is 11.3 Å². The summed E-state index contributed by atoms with van der Waals surface area (Å²) in [6, 6.07) is 3.55. The fourth-order valence-corrected chi connectivity index (χ4v) is 4.71. The van der Waals surface area contributed by atoms with Crippen LogP contribution in [-0.4, -0.2) is 43.6 Å². The molecular weight excluding hydrogens is 350 g/mol. The Morgan fingerprint density at radius 1 is 1.25 bits per heavy atom. The monoisotopic (exact) mass is 369 g/mol. The van der Waals surface area contributed by atoms with Crippen LogP contribution in [0.1, 0.15) is 23.5 Å². The molecule has 0 atom stereocenters. The van der Waals surface area contributed by atoms with Crippen LogP contribution in [0.25, 0.3) is 0 Å². The second-order valence-electron chi connectivity index (χ2n) is 5.42. The van der Waals surface area contributed by atoms with E-state index in [-0.39, 0.29) is 16.8 Å². The Labute approximate surface area is 145 Å². The average molecular weight is 369 g/mol. The molecule has 1 N–H and O–H groups in total. The first-order valence-corrected chi connectivity index (χ1v) is 9.88. The van der Waals surface area contributed by atoms with Gasteiger partial charge in [0.1, 0.15) is 4.21 Å². The minimum atomic E-state index is -3.58. The average Bonchev–Trinajstić information content (AvgIpc) is 3.24. The van der Waals surface area contributed by atoms with E-state index in [2.05, 4.69) is 19.7 Å². The van der Waals surface area contributed by atoms with Crippen LogP contribution in [0.3, 0.4) is 0 Å². The molecule has 3 heterocycles. The molecule has 0 amide bonds. The Bertz CT molecular complexity index is 816. The summed E-state index contributed by atoms with van der Waals surface area (Å²) < 4.78 is 32.5. The largest absolute Gasteiger partial charge is 0.467 e. The molecule has 10 heteroatoms. The van der Waals surface area contributed by atoms with Crippen molar-refractivity contribution in [3.8, 4) is 6.01 Å². The van der Waals surface area contributed by atoms with Crippen molar-refractivity contribution in [3.05, 3.63) is 22.8 Å². The lowest BCUT2D eigenvalue weighted by atomic mass is 10.4. The molecule has 2 aromatic heterocycles. The van der Waals surface area contributed by atoms with Crippen LogP contribution >= 0.6 is 11.3 Å². The highest BCUT2D eigenvalue weighted by molar-refractivity contribution is 7.91. The standard InChI is InChI=1S/C14H19N5O3S2/c1-10-5-6-12(23-10)24(20,21)15-9-11-16-13(18-14(17-11)22-2)19-7-3-4-8-19/h5-6,15H,3-4,7-9H2,1-2H3. The Kier molecular flexibility index (Phi) is 4.97. The molecule has 3 rings (SSSR count). The van der Waals surface area contributed by atoms with Crippen molar-refractivity contribution in [1.82, 2.24) is 19.7 Å². The summed E-state index contributed by atoms with van der Waals surface area (Å²) in [5, 5.41) is 0. The van der Waals surface area contributed by atoms with Gasteiger partial charge in [0.15, 0.2) is 5.82 Å². The zero-order chi connectivity index (χ0) is 17.2. The Balaban J connectivity index is 1.78. The first-order valence-electron chi connectivity index (χ1n) is 7.58. The van der Waals surface area contributed by atoms with E-state index >= 15 is 0 Å². The highest BCUT2D eigenvalue weighted by Gasteiger charge is 2.20. The fraction of sp³-hybridized carbons (Fsp3) is 0.500. The van der Waals surface area contributed by atoms with Gasteiger partial charge < -0.3 is 9.64 Å². The lowest BCUT2D eigenvalue weighted by Gasteiger charge is -2.16. The van der Waals surface area contributed by atoms with Crippen molar-refractivity contribution in [1.29, 1.82) is 0 Å². The summed E-state index contributed by atoms with van der Waals surface area (Å²) in [5.74, 6) is 0.862. The molecule has 0 spiro atoms. The number of hydrogen-bond acceptors (Lipinski definition) is 8. The molecule has 24 heavy (non-hydrogen) atoms. The lowest BCUT2D eigenvalue weighted by Crippen LogP contribution is -2.26. The van der Waals surface area contributed by atoms with Crippen LogP contribution in [0.4, 0.5) is 5.95 Å². The number of methoxy groups -OCH3 is 1. The third-order valence-corrected chi connectivity index (χ3v) is 6.52. The SMILES string of the molecule is COc1nc(CNS(=O)(=O)c2ccc(C)s2)nc(N2CCCC2)n1. The summed E-state index contributed by atoms with van der Waals surface area (Å²) >= 11 is 1.22. The number of anilines is 1. The van der Waals surface area contributed by atoms with Crippen molar-refractivity contribution in [3.63, 3.8) is 0 Å². The molecule has 0 saturated carbocycles. The van der Waals surface area contributed by atoms with E-state index in [1.807, 2.05) is 11.8 Å². The Morgan fingerprint density at radius 3 is 2.62 bits per heavy atom. The van der Waals surface area contributed by atoms with Crippen LogP contribution in [0.5, 0.6) is 6.01 Å². The number of nitrogens with zero attached hydrogens (tertiary/aromatic N) is 4. The van der Waals surface area contributed by atoms with Gasteiger partial charge in [-0.2, -0.15) is 15.0 Å². The van der Waals surface area contributed by atoms with Gasteiger partial charge >= 0.3 is 6.01 Å². The van der Waals surface area contributed by atoms with Crippen molar-refractivity contribution in [2.24, 2.45) is 0 Å². The second kappa shape index (κ2) is 6.99. The molecule has 1 saturated heterocycles. The van der Waals surface area contributed by atoms with E-state index < -0.39 is 10.0 Å². The van der Waals surface area contributed by atoms with Crippen LogP contribution in [0, 0.1) is 6.92 Å². The number of sulfonamides is 1. The number of ether oxygens (including phenoxy) is 1.